The first kappa shape index (κ1) is 31.8. The van der Waals surface area contributed by atoms with Crippen LogP contribution in [0.4, 0.5) is 0 Å². The Hall–Kier alpha value is -1.75. The fraction of sp³-hybridized carbons (Fsp3) is 0.806. The Morgan fingerprint density at radius 1 is 1.04 bits per heavy atom. The third-order valence-electron chi connectivity index (χ3n) is 13.1. The van der Waals surface area contributed by atoms with Gasteiger partial charge in [-0.15, -0.1) is 0 Å². The number of aliphatic hydroxyl groups is 1. The van der Waals surface area contributed by atoms with Gasteiger partial charge in [-0.1, -0.05) is 26.8 Å². The van der Waals surface area contributed by atoms with Gasteiger partial charge < -0.3 is 33.5 Å². The van der Waals surface area contributed by atoms with Gasteiger partial charge in [-0.25, -0.2) is 4.79 Å². The van der Waals surface area contributed by atoms with Crippen molar-refractivity contribution in [3.05, 3.63) is 23.3 Å². The molecule has 250 valence electrons. The van der Waals surface area contributed by atoms with Gasteiger partial charge in [-0.05, 0) is 81.4 Å². The summed E-state index contributed by atoms with van der Waals surface area (Å²) >= 11 is 0. The van der Waals surface area contributed by atoms with Crippen LogP contribution in [0.25, 0.3) is 0 Å². The molecule has 2 spiro atoms. The van der Waals surface area contributed by atoms with E-state index in [4.69, 9.17) is 28.4 Å². The van der Waals surface area contributed by atoms with Gasteiger partial charge in [0.2, 0.25) is 0 Å². The zero-order chi connectivity index (χ0) is 31.8. The van der Waals surface area contributed by atoms with Crippen molar-refractivity contribution in [2.45, 2.75) is 101 Å². The number of rotatable bonds is 13. The van der Waals surface area contributed by atoms with E-state index < -0.39 is 17.2 Å². The van der Waals surface area contributed by atoms with Gasteiger partial charge in [-0.2, -0.15) is 0 Å². The molecule has 1 aromatic rings. The molecule has 1 aromatic carbocycles. The van der Waals surface area contributed by atoms with Crippen LogP contribution in [-0.2, 0) is 35.6 Å². The van der Waals surface area contributed by atoms with Gasteiger partial charge in [0.1, 0.15) is 18.3 Å². The van der Waals surface area contributed by atoms with Crippen molar-refractivity contribution in [1.82, 2.24) is 4.90 Å². The van der Waals surface area contributed by atoms with Crippen LogP contribution in [0.5, 0.6) is 11.5 Å². The maximum atomic E-state index is 13.0. The number of carbonyl (C=O) groups excluding carboxylic acids is 1. The van der Waals surface area contributed by atoms with Gasteiger partial charge in [0, 0.05) is 49.1 Å². The van der Waals surface area contributed by atoms with Crippen LogP contribution in [0.3, 0.4) is 0 Å². The number of piperidine rings is 1. The summed E-state index contributed by atoms with van der Waals surface area (Å²) in [7, 11) is 3.44. The number of fused-ring (bicyclic) bond motifs is 2. The molecule has 4 saturated carbocycles. The first-order valence-electron chi connectivity index (χ1n) is 17.1. The maximum Gasteiger partial charge on any atom is 0.337 e. The molecule has 0 radical (unpaired) electrons. The van der Waals surface area contributed by atoms with Crippen molar-refractivity contribution in [3.8, 4) is 11.5 Å². The summed E-state index contributed by atoms with van der Waals surface area (Å²) < 4.78 is 35.8. The predicted molar refractivity (Wildman–Crippen MR) is 168 cm³/mol. The molecule has 9 heteroatoms. The van der Waals surface area contributed by atoms with Crippen molar-refractivity contribution in [3.63, 3.8) is 0 Å². The molecule has 2 heterocycles. The quantitative estimate of drug-likeness (QED) is 0.195. The number of hydrogen-bond donors (Lipinski definition) is 1. The van der Waals surface area contributed by atoms with Crippen molar-refractivity contribution >= 4 is 5.97 Å². The molecule has 1 N–H and O–H groups in total. The Balaban J connectivity index is 1.24. The Morgan fingerprint density at radius 2 is 1.80 bits per heavy atom. The highest BCUT2D eigenvalue weighted by Crippen LogP contribution is 2.78. The number of carbonyl (C=O) groups is 1. The van der Waals surface area contributed by atoms with E-state index in [1.165, 1.54) is 30.5 Å². The Bertz CT molecular complexity index is 1300. The molecule has 0 unspecified atom stereocenters. The summed E-state index contributed by atoms with van der Waals surface area (Å²) in [6.07, 6.45) is 7.14. The second-order valence-corrected chi connectivity index (χ2v) is 15.9. The fourth-order valence-corrected chi connectivity index (χ4v) is 10.3. The third kappa shape index (κ3) is 4.58. The van der Waals surface area contributed by atoms with E-state index in [9.17, 15) is 9.90 Å². The van der Waals surface area contributed by atoms with Crippen LogP contribution in [0.1, 0.15) is 77.3 Å². The lowest BCUT2D eigenvalue weighted by Gasteiger charge is -2.75. The molecule has 45 heavy (non-hydrogen) atoms. The van der Waals surface area contributed by atoms with Gasteiger partial charge in [-0.3, -0.25) is 4.90 Å². The molecule has 9 nitrogen and oxygen atoms in total. The summed E-state index contributed by atoms with van der Waals surface area (Å²) in [5.74, 6) is 1.40. The minimum Gasteiger partial charge on any atom is -0.482 e. The molecule has 2 aliphatic heterocycles. The van der Waals surface area contributed by atoms with Gasteiger partial charge in [0.05, 0.1) is 32.0 Å². The monoisotopic (exact) mass is 627 g/mol. The van der Waals surface area contributed by atoms with Crippen LogP contribution < -0.4 is 9.47 Å². The van der Waals surface area contributed by atoms with Crippen LogP contribution in [0, 0.1) is 22.7 Å². The highest BCUT2D eigenvalue weighted by atomic mass is 16.6. The Kier molecular flexibility index (Phi) is 7.90. The van der Waals surface area contributed by atoms with E-state index in [1.54, 1.807) is 7.11 Å². The van der Waals surface area contributed by atoms with Crippen molar-refractivity contribution in [1.29, 1.82) is 0 Å². The lowest BCUT2D eigenvalue weighted by Crippen LogP contribution is -2.83. The number of esters is 1. The normalized spacial score (nSPS) is 35.9. The number of nitrogens with zero attached hydrogens (tertiary/aromatic N) is 1. The minimum atomic E-state index is -0.980. The zero-order valence-corrected chi connectivity index (χ0v) is 28.1. The van der Waals surface area contributed by atoms with Crippen molar-refractivity contribution < 1.29 is 38.3 Å². The topological polar surface area (TPSA) is 95.9 Å². The van der Waals surface area contributed by atoms with Crippen molar-refractivity contribution in [2.24, 2.45) is 22.7 Å². The highest BCUT2D eigenvalue weighted by Gasteiger charge is 2.82. The fourth-order valence-electron chi connectivity index (χ4n) is 10.3. The first-order chi connectivity index (χ1) is 21.4. The molecule has 5 fully saturated rings. The Labute approximate surface area is 268 Å². The maximum absolute atomic E-state index is 13.0. The van der Waals surface area contributed by atoms with E-state index in [0.717, 1.165) is 44.6 Å². The van der Waals surface area contributed by atoms with E-state index in [-0.39, 0.29) is 34.9 Å². The van der Waals surface area contributed by atoms with Crippen LogP contribution in [-0.4, -0.2) is 99.7 Å². The second kappa shape index (κ2) is 11.2. The molecule has 4 bridgehead atoms. The number of methoxy groups -OCH3 is 2. The average Bonchev–Trinajstić information content (AvgIpc) is 3.75. The van der Waals surface area contributed by atoms with Crippen LogP contribution in [0.2, 0.25) is 0 Å². The molecular weight excluding hydrogens is 574 g/mol. The summed E-state index contributed by atoms with van der Waals surface area (Å²) in [6, 6.07) is 4.47. The van der Waals surface area contributed by atoms with E-state index >= 15 is 0 Å². The van der Waals surface area contributed by atoms with Gasteiger partial charge in [0.25, 0.3) is 0 Å². The first-order valence-corrected chi connectivity index (χ1v) is 17.1. The SMILES string of the molecule is COCCOCCOCC(=O)Oc1ccc2c3c1O[C@H]1[C@@]4(OC)CC[C@@]5(C[C@@H]4[C@](C)(O)C(C)(C)C)[C@@H](C2)N(CC2CC2)CC[C@]315. The summed E-state index contributed by atoms with van der Waals surface area (Å²) in [5, 5.41) is 12.4. The molecule has 1 saturated heterocycles. The summed E-state index contributed by atoms with van der Waals surface area (Å²) in [4.78, 5) is 15.8. The standard InChI is InChI=1S/C36H53NO8/c1-32(2,3)33(4,39)26-20-34-11-12-36(26,41-6)31-35(34)13-14-37(21-23-7-8-23)27(34)19-24-9-10-25(30(45-31)29(24)35)44-28(38)22-43-18-17-42-16-15-40-5/h9-10,23,26-27,31,39H,7-8,11-22H2,1-6H3/t26-,27-,31-,33+,34-,35+,36-/m1/s1. The summed E-state index contributed by atoms with van der Waals surface area (Å²) in [5.41, 5.74) is 0.242. The molecule has 8 rings (SSSR count). The molecule has 0 aromatic heterocycles. The number of ether oxygens (including phenoxy) is 6. The molecular formula is C36H53NO8. The summed E-state index contributed by atoms with van der Waals surface area (Å²) in [6.45, 7) is 12.2. The van der Waals surface area contributed by atoms with Gasteiger partial charge >= 0.3 is 5.97 Å². The van der Waals surface area contributed by atoms with E-state index in [0.29, 0.717) is 44.0 Å². The molecule has 7 aliphatic rings. The van der Waals surface area contributed by atoms with Crippen LogP contribution in [0.15, 0.2) is 12.1 Å². The van der Waals surface area contributed by atoms with Gasteiger partial charge in [0.15, 0.2) is 11.5 Å². The molecule has 5 aliphatic carbocycles. The highest BCUT2D eigenvalue weighted by molar-refractivity contribution is 5.76. The largest absolute Gasteiger partial charge is 0.482 e. The van der Waals surface area contributed by atoms with Crippen LogP contribution >= 0.6 is 0 Å². The number of benzene rings is 1. The third-order valence-corrected chi connectivity index (χ3v) is 13.1. The lowest BCUT2D eigenvalue weighted by molar-refractivity contribution is -0.312. The van der Waals surface area contributed by atoms with E-state index in [2.05, 4.69) is 31.7 Å². The minimum absolute atomic E-state index is 0.0577. The number of hydrogen-bond acceptors (Lipinski definition) is 9. The zero-order valence-electron chi connectivity index (χ0n) is 28.1. The lowest BCUT2D eigenvalue weighted by atomic mass is 9.33. The predicted octanol–water partition coefficient (Wildman–Crippen LogP) is 4.29. The average molecular weight is 628 g/mol. The van der Waals surface area contributed by atoms with Crippen molar-refractivity contribution in [2.75, 3.05) is 60.3 Å². The Morgan fingerprint density at radius 3 is 2.51 bits per heavy atom. The van der Waals surface area contributed by atoms with E-state index in [1.807, 2.05) is 20.1 Å². The second-order valence-electron chi connectivity index (χ2n) is 15.9. The smallest absolute Gasteiger partial charge is 0.337 e. The number of likely N-dealkylation sites (tertiary alicyclic amines) is 1. The molecule has 0 amide bonds. The molecule has 7 atom stereocenters.